The predicted octanol–water partition coefficient (Wildman–Crippen LogP) is 3.83. The molecule has 0 atom stereocenters. The molecule has 1 N–H and O–H groups in total. The minimum Gasteiger partial charge on any atom is -0.450 e. The number of amides is 1. The monoisotopic (exact) mass is 257 g/mol. The normalized spacial score (nSPS) is 11.2. The van der Waals surface area contributed by atoms with Crippen molar-refractivity contribution in [2.75, 3.05) is 11.9 Å². The summed E-state index contributed by atoms with van der Waals surface area (Å²) >= 11 is 0. The molecule has 1 aromatic carbocycles. The number of nitrogens with one attached hydrogen (secondary N) is 1. The van der Waals surface area contributed by atoms with Gasteiger partial charge in [0.05, 0.1) is 12.3 Å². The van der Waals surface area contributed by atoms with Gasteiger partial charge in [-0.2, -0.15) is 0 Å². The van der Waals surface area contributed by atoms with Crippen LogP contribution in [0.1, 0.15) is 33.3 Å². The summed E-state index contributed by atoms with van der Waals surface area (Å²) in [6, 6.07) is 2.79. The summed E-state index contributed by atoms with van der Waals surface area (Å²) in [6.07, 6.45) is -0.806. The second kappa shape index (κ2) is 5.33. The average molecular weight is 257 g/mol. The van der Waals surface area contributed by atoms with E-state index in [-0.39, 0.29) is 17.9 Å². The van der Waals surface area contributed by atoms with Crippen LogP contribution in [0.4, 0.5) is 19.3 Å². The van der Waals surface area contributed by atoms with Crippen LogP contribution < -0.4 is 5.32 Å². The maximum Gasteiger partial charge on any atom is 0.411 e. The lowest BCUT2D eigenvalue weighted by Gasteiger charge is -2.20. The van der Waals surface area contributed by atoms with Crippen molar-refractivity contribution in [2.45, 2.75) is 33.1 Å². The van der Waals surface area contributed by atoms with Gasteiger partial charge in [0.25, 0.3) is 0 Å². The highest BCUT2D eigenvalue weighted by Crippen LogP contribution is 2.29. The third-order valence-electron chi connectivity index (χ3n) is 2.40. The standard InChI is InChI=1S/C13H17F2NO2/c1-5-18-12(17)16-9-7-6-8(13(2,3)4)10(14)11(9)15/h6-7H,5H2,1-4H3,(H,16,17). The molecule has 0 fully saturated rings. The van der Waals surface area contributed by atoms with Crippen molar-refractivity contribution in [3.05, 3.63) is 29.3 Å². The molecule has 5 heteroatoms. The van der Waals surface area contributed by atoms with E-state index in [1.807, 2.05) is 0 Å². The Morgan fingerprint density at radius 1 is 1.28 bits per heavy atom. The highest BCUT2D eigenvalue weighted by molar-refractivity contribution is 5.84. The van der Waals surface area contributed by atoms with Gasteiger partial charge in [0.1, 0.15) is 0 Å². The minimum atomic E-state index is -1.07. The number of hydrogen-bond donors (Lipinski definition) is 1. The van der Waals surface area contributed by atoms with Gasteiger partial charge < -0.3 is 4.74 Å². The highest BCUT2D eigenvalue weighted by atomic mass is 19.2. The second-order valence-electron chi connectivity index (χ2n) is 4.88. The van der Waals surface area contributed by atoms with E-state index in [0.29, 0.717) is 0 Å². The highest BCUT2D eigenvalue weighted by Gasteiger charge is 2.23. The van der Waals surface area contributed by atoms with Crippen molar-refractivity contribution in [1.82, 2.24) is 0 Å². The van der Waals surface area contributed by atoms with Gasteiger partial charge in [-0.1, -0.05) is 26.8 Å². The second-order valence-corrected chi connectivity index (χ2v) is 4.88. The van der Waals surface area contributed by atoms with E-state index in [9.17, 15) is 13.6 Å². The fraction of sp³-hybridized carbons (Fsp3) is 0.462. The van der Waals surface area contributed by atoms with Gasteiger partial charge in [0.15, 0.2) is 11.6 Å². The molecule has 0 aliphatic rings. The molecule has 3 nitrogen and oxygen atoms in total. The first kappa shape index (κ1) is 14.4. The smallest absolute Gasteiger partial charge is 0.411 e. The van der Waals surface area contributed by atoms with Crippen LogP contribution in [0.3, 0.4) is 0 Å². The predicted molar refractivity (Wildman–Crippen MR) is 65.7 cm³/mol. The van der Waals surface area contributed by atoms with Gasteiger partial charge >= 0.3 is 6.09 Å². The van der Waals surface area contributed by atoms with Gasteiger partial charge in [-0.15, -0.1) is 0 Å². The van der Waals surface area contributed by atoms with Crippen molar-refractivity contribution in [3.8, 4) is 0 Å². The van der Waals surface area contributed by atoms with Crippen LogP contribution in [0.25, 0.3) is 0 Å². The summed E-state index contributed by atoms with van der Waals surface area (Å²) in [4.78, 5) is 11.1. The van der Waals surface area contributed by atoms with Gasteiger partial charge in [-0.25, -0.2) is 13.6 Å². The first-order chi connectivity index (χ1) is 8.27. The van der Waals surface area contributed by atoms with Crippen molar-refractivity contribution in [3.63, 3.8) is 0 Å². The van der Waals surface area contributed by atoms with E-state index < -0.39 is 23.1 Å². The van der Waals surface area contributed by atoms with E-state index in [1.165, 1.54) is 12.1 Å². The molecule has 0 bridgehead atoms. The zero-order chi connectivity index (χ0) is 13.9. The van der Waals surface area contributed by atoms with Gasteiger partial charge in [-0.05, 0) is 24.0 Å². The summed E-state index contributed by atoms with van der Waals surface area (Å²) in [6.45, 7) is 7.13. The molecule has 18 heavy (non-hydrogen) atoms. The molecular weight excluding hydrogens is 240 g/mol. The van der Waals surface area contributed by atoms with Gasteiger partial charge in [-0.3, -0.25) is 5.32 Å². The van der Waals surface area contributed by atoms with Crippen molar-refractivity contribution in [2.24, 2.45) is 0 Å². The lowest BCUT2D eigenvalue weighted by molar-refractivity contribution is 0.167. The first-order valence-electron chi connectivity index (χ1n) is 5.69. The number of carbonyl (C=O) groups excluding carboxylic acids is 1. The van der Waals surface area contributed by atoms with Crippen molar-refractivity contribution in [1.29, 1.82) is 0 Å². The topological polar surface area (TPSA) is 38.3 Å². The number of hydrogen-bond acceptors (Lipinski definition) is 2. The Morgan fingerprint density at radius 2 is 1.89 bits per heavy atom. The molecule has 100 valence electrons. The Kier molecular flexibility index (Phi) is 4.27. The van der Waals surface area contributed by atoms with E-state index in [0.717, 1.165) is 0 Å². The third-order valence-corrected chi connectivity index (χ3v) is 2.40. The van der Waals surface area contributed by atoms with E-state index in [2.05, 4.69) is 10.1 Å². The van der Waals surface area contributed by atoms with Crippen LogP contribution in [0.5, 0.6) is 0 Å². The Morgan fingerprint density at radius 3 is 2.39 bits per heavy atom. The lowest BCUT2D eigenvalue weighted by Crippen LogP contribution is -2.18. The number of anilines is 1. The van der Waals surface area contributed by atoms with Crippen molar-refractivity contribution < 1.29 is 18.3 Å². The molecule has 1 aromatic rings. The number of ether oxygens (including phenoxy) is 1. The fourth-order valence-electron chi connectivity index (χ4n) is 1.50. The third kappa shape index (κ3) is 3.18. The summed E-state index contributed by atoms with van der Waals surface area (Å²) < 4.78 is 32.2. The van der Waals surface area contributed by atoms with Crippen LogP contribution in [0.15, 0.2) is 12.1 Å². The lowest BCUT2D eigenvalue weighted by atomic mass is 9.86. The molecular formula is C13H17F2NO2. The maximum atomic E-state index is 13.8. The number of rotatable bonds is 2. The van der Waals surface area contributed by atoms with Crippen LogP contribution in [0, 0.1) is 11.6 Å². The Labute approximate surface area is 105 Å². The van der Waals surface area contributed by atoms with E-state index >= 15 is 0 Å². The average Bonchev–Trinajstić information content (AvgIpc) is 2.23. The molecule has 0 spiro atoms. The Bertz CT molecular complexity index is 453. The Hall–Kier alpha value is -1.65. The van der Waals surface area contributed by atoms with Gasteiger partial charge in [0.2, 0.25) is 0 Å². The number of benzene rings is 1. The molecule has 0 saturated carbocycles. The molecule has 0 aliphatic carbocycles. The zero-order valence-electron chi connectivity index (χ0n) is 10.9. The molecule has 0 heterocycles. The van der Waals surface area contributed by atoms with Crippen LogP contribution >= 0.6 is 0 Å². The van der Waals surface area contributed by atoms with Crippen LogP contribution in [0.2, 0.25) is 0 Å². The van der Waals surface area contributed by atoms with Crippen LogP contribution in [-0.2, 0) is 10.2 Å². The zero-order valence-corrected chi connectivity index (χ0v) is 10.9. The largest absolute Gasteiger partial charge is 0.450 e. The first-order valence-corrected chi connectivity index (χ1v) is 5.69. The molecule has 0 unspecified atom stereocenters. The molecule has 1 amide bonds. The Balaban J connectivity index is 3.05. The quantitative estimate of drug-likeness (QED) is 0.874. The van der Waals surface area contributed by atoms with E-state index in [4.69, 9.17) is 0 Å². The van der Waals surface area contributed by atoms with E-state index in [1.54, 1.807) is 27.7 Å². The summed E-state index contributed by atoms with van der Waals surface area (Å²) in [5, 5.41) is 2.15. The fourth-order valence-corrected chi connectivity index (χ4v) is 1.50. The molecule has 0 radical (unpaired) electrons. The van der Waals surface area contributed by atoms with Gasteiger partial charge in [0, 0.05) is 0 Å². The summed E-state index contributed by atoms with van der Waals surface area (Å²) in [5.74, 6) is -2.02. The maximum absolute atomic E-state index is 13.8. The molecule has 0 aliphatic heterocycles. The molecule has 0 aromatic heterocycles. The number of carbonyl (C=O) groups is 1. The molecule has 1 rings (SSSR count). The minimum absolute atomic E-state index is 0.163. The summed E-state index contributed by atoms with van der Waals surface area (Å²) in [7, 11) is 0. The SMILES string of the molecule is CCOC(=O)Nc1ccc(C(C)(C)C)c(F)c1F. The number of halogens is 2. The van der Waals surface area contributed by atoms with Crippen LogP contribution in [-0.4, -0.2) is 12.7 Å². The summed E-state index contributed by atoms with van der Waals surface area (Å²) in [5.41, 5.74) is -0.471. The van der Waals surface area contributed by atoms with Crippen molar-refractivity contribution >= 4 is 11.8 Å². The molecule has 0 saturated heterocycles.